The molecule has 1 aromatic heterocycles. The number of hydrogen-bond donors (Lipinski definition) is 2. The number of morpholine rings is 1. The number of aliphatic hydroxyl groups excluding tert-OH is 1. The third kappa shape index (κ3) is 3.69. The molecule has 1 atom stereocenters. The second-order valence-electron chi connectivity index (χ2n) is 4.36. The van der Waals surface area contributed by atoms with Crippen molar-refractivity contribution in [2.75, 3.05) is 43.1 Å². The van der Waals surface area contributed by atoms with Crippen LogP contribution in [0.5, 0.6) is 0 Å². The maximum atomic E-state index is 9.06. The molecule has 1 aromatic rings. The molecule has 100 valence electrons. The number of halogens is 1. The minimum Gasteiger partial charge on any atom is -0.394 e. The number of rotatable bonds is 4. The van der Waals surface area contributed by atoms with Crippen LogP contribution in [0, 0.1) is 3.57 Å². The Morgan fingerprint density at radius 1 is 1.50 bits per heavy atom. The SMILES string of the molecule is C[C@H](CO)Nc1cc(I)cc(N2CCOCC2)n1. The van der Waals surface area contributed by atoms with E-state index in [1.165, 1.54) is 0 Å². The average molecular weight is 363 g/mol. The van der Waals surface area contributed by atoms with Crippen LogP contribution in [-0.2, 0) is 4.74 Å². The van der Waals surface area contributed by atoms with Gasteiger partial charge in [0, 0.05) is 22.7 Å². The van der Waals surface area contributed by atoms with Crippen molar-refractivity contribution >= 4 is 34.2 Å². The van der Waals surface area contributed by atoms with Crippen LogP contribution in [0.25, 0.3) is 0 Å². The third-order valence-corrected chi connectivity index (χ3v) is 3.40. The second-order valence-corrected chi connectivity index (χ2v) is 5.60. The summed E-state index contributed by atoms with van der Waals surface area (Å²) in [4.78, 5) is 6.81. The molecule has 1 fully saturated rings. The van der Waals surface area contributed by atoms with Crippen LogP contribution in [0.4, 0.5) is 11.6 Å². The number of nitrogens with zero attached hydrogens (tertiary/aromatic N) is 2. The van der Waals surface area contributed by atoms with Gasteiger partial charge >= 0.3 is 0 Å². The lowest BCUT2D eigenvalue weighted by Gasteiger charge is -2.28. The van der Waals surface area contributed by atoms with Crippen molar-refractivity contribution in [1.82, 2.24) is 4.98 Å². The van der Waals surface area contributed by atoms with Crippen LogP contribution in [0.2, 0.25) is 0 Å². The molecular formula is C12H18IN3O2. The van der Waals surface area contributed by atoms with Gasteiger partial charge < -0.3 is 20.1 Å². The highest BCUT2D eigenvalue weighted by atomic mass is 127. The molecule has 1 saturated heterocycles. The Morgan fingerprint density at radius 2 is 2.22 bits per heavy atom. The van der Waals surface area contributed by atoms with E-state index in [-0.39, 0.29) is 12.6 Å². The molecule has 0 saturated carbocycles. The fourth-order valence-electron chi connectivity index (χ4n) is 1.81. The fourth-order valence-corrected chi connectivity index (χ4v) is 2.38. The molecule has 0 aliphatic carbocycles. The Bertz CT molecular complexity index is 397. The molecule has 2 heterocycles. The van der Waals surface area contributed by atoms with Gasteiger partial charge in [0.1, 0.15) is 11.6 Å². The number of pyridine rings is 1. The van der Waals surface area contributed by atoms with Gasteiger partial charge in [-0.2, -0.15) is 0 Å². The van der Waals surface area contributed by atoms with Gasteiger partial charge in [0.15, 0.2) is 0 Å². The van der Waals surface area contributed by atoms with Crippen molar-refractivity contribution in [2.45, 2.75) is 13.0 Å². The molecule has 0 bridgehead atoms. The van der Waals surface area contributed by atoms with E-state index in [1.54, 1.807) is 0 Å². The fraction of sp³-hybridized carbons (Fsp3) is 0.583. The highest BCUT2D eigenvalue weighted by Crippen LogP contribution is 2.20. The molecule has 0 radical (unpaired) electrons. The van der Waals surface area contributed by atoms with Crippen LogP contribution >= 0.6 is 22.6 Å². The standard InChI is InChI=1S/C12H18IN3O2/c1-9(8-17)14-11-6-10(13)7-12(15-11)16-2-4-18-5-3-16/h6-7,9,17H,2-5,8H2,1H3,(H,14,15)/t9-/m1/s1. The first-order chi connectivity index (χ1) is 8.69. The van der Waals surface area contributed by atoms with Crippen LogP contribution in [0.3, 0.4) is 0 Å². The maximum absolute atomic E-state index is 9.06. The van der Waals surface area contributed by atoms with E-state index in [0.29, 0.717) is 0 Å². The predicted octanol–water partition coefficient (Wildman–Crippen LogP) is 1.32. The zero-order valence-corrected chi connectivity index (χ0v) is 12.6. The van der Waals surface area contributed by atoms with Crippen LogP contribution in [0.15, 0.2) is 12.1 Å². The summed E-state index contributed by atoms with van der Waals surface area (Å²) >= 11 is 2.29. The number of aliphatic hydroxyl groups is 1. The average Bonchev–Trinajstić information content (AvgIpc) is 2.39. The third-order valence-electron chi connectivity index (χ3n) is 2.78. The Labute approximate surface area is 121 Å². The van der Waals surface area contributed by atoms with Crippen molar-refractivity contribution < 1.29 is 9.84 Å². The first kappa shape index (κ1) is 13.8. The van der Waals surface area contributed by atoms with Crippen molar-refractivity contribution in [2.24, 2.45) is 0 Å². The van der Waals surface area contributed by atoms with E-state index < -0.39 is 0 Å². The molecule has 0 spiro atoms. The lowest BCUT2D eigenvalue weighted by atomic mass is 10.3. The van der Waals surface area contributed by atoms with Crippen molar-refractivity contribution in [1.29, 1.82) is 0 Å². The van der Waals surface area contributed by atoms with Gasteiger partial charge in [0.25, 0.3) is 0 Å². The first-order valence-electron chi connectivity index (χ1n) is 6.06. The summed E-state index contributed by atoms with van der Waals surface area (Å²) in [6, 6.07) is 4.06. The lowest BCUT2D eigenvalue weighted by Crippen LogP contribution is -2.37. The van der Waals surface area contributed by atoms with Gasteiger partial charge in [-0.15, -0.1) is 0 Å². The van der Waals surface area contributed by atoms with Gasteiger partial charge in [0.2, 0.25) is 0 Å². The Morgan fingerprint density at radius 3 is 2.89 bits per heavy atom. The van der Waals surface area contributed by atoms with Gasteiger partial charge in [-0.05, 0) is 41.6 Å². The van der Waals surface area contributed by atoms with Crippen LogP contribution < -0.4 is 10.2 Å². The minimum absolute atomic E-state index is 0.00763. The minimum atomic E-state index is 0.00763. The zero-order valence-electron chi connectivity index (χ0n) is 10.4. The van der Waals surface area contributed by atoms with Gasteiger partial charge in [-0.25, -0.2) is 4.98 Å². The number of anilines is 2. The molecular weight excluding hydrogens is 345 g/mol. The van der Waals surface area contributed by atoms with Gasteiger partial charge in [-0.3, -0.25) is 0 Å². The Kier molecular flexibility index (Phi) is 5.02. The summed E-state index contributed by atoms with van der Waals surface area (Å²) in [7, 11) is 0. The van der Waals surface area contributed by atoms with E-state index in [1.807, 2.05) is 13.0 Å². The van der Waals surface area contributed by atoms with E-state index in [0.717, 1.165) is 41.5 Å². The molecule has 18 heavy (non-hydrogen) atoms. The highest BCUT2D eigenvalue weighted by Gasteiger charge is 2.14. The molecule has 6 heteroatoms. The topological polar surface area (TPSA) is 57.6 Å². The number of aromatic nitrogens is 1. The van der Waals surface area contributed by atoms with Crippen molar-refractivity contribution in [3.8, 4) is 0 Å². The number of ether oxygens (including phenoxy) is 1. The quantitative estimate of drug-likeness (QED) is 0.791. The van der Waals surface area contributed by atoms with E-state index in [9.17, 15) is 0 Å². The van der Waals surface area contributed by atoms with E-state index >= 15 is 0 Å². The summed E-state index contributed by atoms with van der Waals surface area (Å²) < 4.78 is 6.48. The van der Waals surface area contributed by atoms with E-state index in [2.05, 4.69) is 43.9 Å². The monoisotopic (exact) mass is 363 g/mol. The summed E-state index contributed by atoms with van der Waals surface area (Å²) in [5, 5.41) is 12.3. The molecule has 0 amide bonds. The zero-order chi connectivity index (χ0) is 13.0. The predicted molar refractivity (Wildman–Crippen MR) is 80.2 cm³/mol. The highest BCUT2D eigenvalue weighted by molar-refractivity contribution is 14.1. The molecule has 0 aromatic carbocycles. The molecule has 1 aliphatic heterocycles. The van der Waals surface area contributed by atoms with Crippen molar-refractivity contribution in [3.05, 3.63) is 15.7 Å². The molecule has 2 rings (SSSR count). The number of nitrogens with one attached hydrogen (secondary N) is 1. The van der Waals surface area contributed by atoms with Gasteiger partial charge in [0.05, 0.1) is 19.8 Å². The Balaban J connectivity index is 2.14. The van der Waals surface area contributed by atoms with Crippen LogP contribution in [-0.4, -0.2) is 49.0 Å². The first-order valence-corrected chi connectivity index (χ1v) is 7.14. The Hall–Kier alpha value is -0.600. The summed E-state index contributed by atoms with van der Waals surface area (Å²) in [5.74, 6) is 1.78. The lowest BCUT2D eigenvalue weighted by molar-refractivity contribution is 0.122. The van der Waals surface area contributed by atoms with Crippen LogP contribution in [0.1, 0.15) is 6.92 Å². The molecule has 0 unspecified atom stereocenters. The normalized spacial score (nSPS) is 17.6. The smallest absolute Gasteiger partial charge is 0.132 e. The molecule has 1 aliphatic rings. The number of hydrogen-bond acceptors (Lipinski definition) is 5. The largest absolute Gasteiger partial charge is 0.394 e. The summed E-state index contributed by atoms with van der Waals surface area (Å²) in [6.45, 7) is 5.28. The summed E-state index contributed by atoms with van der Waals surface area (Å²) in [6.07, 6.45) is 0. The summed E-state index contributed by atoms with van der Waals surface area (Å²) in [5.41, 5.74) is 0. The molecule has 2 N–H and O–H groups in total. The van der Waals surface area contributed by atoms with E-state index in [4.69, 9.17) is 9.84 Å². The maximum Gasteiger partial charge on any atom is 0.132 e. The molecule has 5 nitrogen and oxygen atoms in total. The van der Waals surface area contributed by atoms with Crippen molar-refractivity contribution in [3.63, 3.8) is 0 Å². The second kappa shape index (κ2) is 6.53. The van der Waals surface area contributed by atoms with Gasteiger partial charge in [-0.1, -0.05) is 0 Å².